The molecule has 30 heavy (non-hydrogen) atoms. The number of benzene rings is 2. The number of aliphatic hydroxyl groups excluding tert-OH is 1. The molecule has 0 radical (unpaired) electrons. The minimum Gasteiger partial charge on any atom is -0.482 e. The van der Waals surface area contributed by atoms with E-state index in [0.717, 1.165) is 24.8 Å². The SMILES string of the molecule is CCOC(=O)COc1cccc(C2CCC(NC[C@H](O)c3cccc(Cl)c3)C2)c1.Cl. The molecule has 2 aromatic carbocycles. The highest BCUT2D eigenvalue weighted by atomic mass is 35.5. The van der Waals surface area contributed by atoms with Gasteiger partial charge in [0.2, 0.25) is 0 Å². The molecule has 2 N–H and O–H groups in total. The zero-order valence-electron chi connectivity index (χ0n) is 17.1. The van der Waals surface area contributed by atoms with Gasteiger partial charge in [-0.25, -0.2) is 4.79 Å². The first-order valence-electron chi connectivity index (χ1n) is 10.1. The van der Waals surface area contributed by atoms with Crippen molar-refractivity contribution in [2.24, 2.45) is 0 Å². The lowest BCUT2D eigenvalue weighted by Crippen LogP contribution is -2.30. The fourth-order valence-electron chi connectivity index (χ4n) is 3.78. The first kappa shape index (κ1) is 24.5. The molecule has 5 nitrogen and oxygen atoms in total. The highest BCUT2D eigenvalue weighted by Crippen LogP contribution is 2.36. The molecule has 0 amide bonds. The zero-order chi connectivity index (χ0) is 20.6. The van der Waals surface area contributed by atoms with Crippen LogP contribution < -0.4 is 10.1 Å². The van der Waals surface area contributed by atoms with Gasteiger partial charge in [0.05, 0.1) is 12.7 Å². The molecule has 0 aromatic heterocycles. The van der Waals surface area contributed by atoms with E-state index in [9.17, 15) is 9.90 Å². The molecule has 1 aliphatic carbocycles. The van der Waals surface area contributed by atoms with E-state index >= 15 is 0 Å². The van der Waals surface area contributed by atoms with Gasteiger partial charge in [0, 0.05) is 17.6 Å². The molecule has 1 fully saturated rings. The third-order valence-electron chi connectivity index (χ3n) is 5.26. The van der Waals surface area contributed by atoms with Gasteiger partial charge >= 0.3 is 5.97 Å². The van der Waals surface area contributed by atoms with Gasteiger partial charge in [-0.05, 0) is 67.5 Å². The van der Waals surface area contributed by atoms with E-state index in [2.05, 4.69) is 11.4 Å². The van der Waals surface area contributed by atoms with Crippen LogP contribution in [0.2, 0.25) is 5.02 Å². The maximum absolute atomic E-state index is 11.5. The maximum atomic E-state index is 11.5. The average Bonchev–Trinajstić information content (AvgIpc) is 3.20. The quantitative estimate of drug-likeness (QED) is 0.540. The average molecular weight is 454 g/mol. The minimum absolute atomic E-state index is 0. The summed E-state index contributed by atoms with van der Waals surface area (Å²) in [5, 5.41) is 14.5. The van der Waals surface area contributed by atoms with E-state index in [0.29, 0.717) is 35.9 Å². The van der Waals surface area contributed by atoms with Crippen molar-refractivity contribution in [2.45, 2.75) is 44.2 Å². The molecule has 3 atom stereocenters. The second-order valence-electron chi connectivity index (χ2n) is 7.35. The standard InChI is InChI=1S/C23H28ClNO4.ClH/c1-2-28-23(27)15-29-21-8-4-5-16(13-21)17-9-10-20(12-17)25-14-22(26)18-6-3-7-19(24)11-18;/h3-8,11,13,17,20,22,25-26H,2,9-10,12,14-15H2,1H3;1H/t17?,20?,22-;/m0./s1. The number of rotatable bonds is 9. The molecule has 2 unspecified atom stereocenters. The van der Waals surface area contributed by atoms with Crippen LogP contribution in [0.3, 0.4) is 0 Å². The smallest absolute Gasteiger partial charge is 0.344 e. The Morgan fingerprint density at radius 1 is 1.23 bits per heavy atom. The monoisotopic (exact) mass is 453 g/mol. The summed E-state index contributed by atoms with van der Waals surface area (Å²) in [6.45, 7) is 2.55. The summed E-state index contributed by atoms with van der Waals surface area (Å²) in [6.07, 6.45) is 2.56. The lowest BCUT2D eigenvalue weighted by atomic mass is 9.97. The molecule has 1 aliphatic rings. The summed E-state index contributed by atoms with van der Waals surface area (Å²) in [5.41, 5.74) is 2.04. The normalized spacial score (nSPS) is 19.0. The number of esters is 1. The third kappa shape index (κ3) is 7.17. The van der Waals surface area contributed by atoms with Gasteiger partial charge in [-0.15, -0.1) is 12.4 Å². The van der Waals surface area contributed by atoms with Crippen LogP contribution in [-0.2, 0) is 9.53 Å². The van der Waals surface area contributed by atoms with E-state index in [4.69, 9.17) is 21.1 Å². The summed E-state index contributed by atoms with van der Waals surface area (Å²) < 4.78 is 10.4. The maximum Gasteiger partial charge on any atom is 0.344 e. The van der Waals surface area contributed by atoms with Crippen LogP contribution in [0.15, 0.2) is 48.5 Å². The van der Waals surface area contributed by atoms with E-state index in [1.54, 1.807) is 19.1 Å². The Hall–Kier alpha value is -1.79. The van der Waals surface area contributed by atoms with Crippen molar-refractivity contribution in [1.82, 2.24) is 5.32 Å². The molecule has 0 bridgehead atoms. The molecule has 3 rings (SSSR count). The van der Waals surface area contributed by atoms with Crippen molar-refractivity contribution in [1.29, 1.82) is 0 Å². The van der Waals surface area contributed by atoms with Crippen molar-refractivity contribution in [3.05, 3.63) is 64.7 Å². The topological polar surface area (TPSA) is 67.8 Å². The van der Waals surface area contributed by atoms with E-state index in [1.165, 1.54) is 5.56 Å². The number of carbonyl (C=O) groups excluding carboxylic acids is 1. The van der Waals surface area contributed by atoms with Gasteiger partial charge < -0.3 is 19.9 Å². The Bertz CT molecular complexity index is 817. The van der Waals surface area contributed by atoms with Crippen molar-refractivity contribution in [2.75, 3.05) is 19.8 Å². The second-order valence-corrected chi connectivity index (χ2v) is 7.79. The Labute approximate surface area is 189 Å². The number of carbonyl (C=O) groups is 1. The van der Waals surface area contributed by atoms with E-state index < -0.39 is 6.10 Å². The summed E-state index contributed by atoms with van der Waals surface area (Å²) >= 11 is 6.00. The van der Waals surface area contributed by atoms with Crippen LogP contribution in [0.4, 0.5) is 0 Å². The lowest BCUT2D eigenvalue weighted by Gasteiger charge is -2.17. The molecule has 164 valence electrons. The van der Waals surface area contributed by atoms with Gasteiger partial charge in [0.25, 0.3) is 0 Å². The minimum atomic E-state index is -0.577. The summed E-state index contributed by atoms with van der Waals surface area (Å²) in [5.74, 6) is 0.756. The molecular weight excluding hydrogens is 425 g/mol. The highest BCUT2D eigenvalue weighted by Gasteiger charge is 2.26. The molecule has 0 saturated heterocycles. The largest absolute Gasteiger partial charge is 0.482 e. The predicted octanol–water partition coefficient (Wildman–Crippen LogP) is 4.66. The molecule has 0 aliphatic heterocycles. The van der Waals surface area contributed by atoms with Crippen LogP contribution in [0.5, 0.6) is 5.75 Å². The van der Waals surface area contributed by atoms with E-state index in [1.807, 2.05) is 30.3 Å². The molecule has 7 heteroatoms. The fraction of sp³-hybridized carbons (Fsp3) is 0.435. The van der Waals surface area contributed by atoms with Gasteiger partial charge in [0.1, 0.15) is 5.75 Å². The number of hydrogen-bond acceptors (Lipinski definition) is 5. The fourth-order valence-corrected chi connectivity index (χ4v) is 3.98. The Morgan fingerprint density at radius 3 is 2.80 bits per heavy atom. The van der Waals surface area contributed by atoms with Crippen LogP contribution >= 0.6 is 24.0 Å². The Kier molecular flexibility index (Phi) is 9.92. The molecular formula is C23H29Cl2NO4. The lowest BCUT2D eigenvalue weighted by molar-refractivity contribution is -0.145. The summed E-state index contributed by atoms with van der Waals surface area (Å²) in [4.78, 5) is 11.5. The van der Waals surface area contributed by atoms with Crippen molar-refractivity contribution in [3.63, 3.8) is 0 Å². The molecule has 1 saturated carbocycles. The van der Waals surface area contributed by atoms with Crippen molar-refractivity contribution >= 4 is 30.0 Å². The van der Waals surface area contributed by atoms with E-state index in [-0.39, 0.29) is 25.0 Å². The Balaban J connectivity index is 0.00000320. The zero-order valence-corrected chi connectivity index (χ0v) is 18.6. The number of aliphatic hydroxyl groups is 1. The Morgan fingerprint density at radius 2 is 2.03 bits per heavy atom. The van der Waals surface area contributed by atoms with Gasteiger partial charge in [0.15, 0.2) is 6.61 Å². The van der Waals surface area contributed by atoms with Crippen LogP contribution in [0.1, 0.15) is 49.3 Å². The number of hydrogen-bond donors (Lipinski definition) is 2. The summed E-state index contributed by atoms with van der Waals surface area (Å²) in [6, 6.07) is 15.6. The first-order valence-corrected chi connectivity index (χ1v) is 10.5. The number of ether oxygens (including phenoxy) is 2. The number of nitrogens with one attached hydrogen (secondary N) is 1. The van der Waals surface area contributed by atoms with Crippen LogP contribution in [0.25, 0.3) is 0 Å². The molecule has 0 spiro atoms. The first-order chi connectivity index (χ1) is 14.0. The summed E-state index contributed by atoms with van der Waals surface area (Å²) in [7, 11) is 0. The van der Waals surface area contributed by atoms with Gasteiger partial charge in [-0.1, -0.05) is 35.9 Å². The molecule has 0 heterocycles. The van der Waals surface area contributed by atoms with Gasteiger partial charge in [-0.3, -0.25) is 0 Å². The second kappa shape index (κ2) is 12.2. The third-order valence-corrected chi connectivity index (χ3v) is 5.49. The van der Waals surface area contributed by atoms with Crippen LogP contribution in [-0.4, -0.2) is 36.9 Å². The predicted molar refractivity (Wildman–Crippen MR) is 121 cm³/mol. The van der Waals surface area contributed by atoms with Crippen LogP contribution in [0, 0.1) is 0 Å². The van der Waals surface area contributed by atoms with Crippen molar-refractivity contribution < 1.29 is 19.4 Å². The van der Waals surface area contributed by atoms with Crippen molar-refractivity contribution in [3.8, 4) is 5.75 Å². The van der Waals surface area contributed by atoms with Gasteiger partial charge in [-0.2, -0.15) is 0 Å². The number of halogens is 2. The molecule has 2 aromatic rings. The highest BCUT2D eigenvalue weighted by molar-refractivity contribution is 6.30.